The lowest BCUT2D eigenvalue weighted by molar-refractivity contribution is 0.346. The van der Waals surface area contributed by atoms with E-state index < -0.39 is 0 Å². The third kappa shape index (κ3) is 10.2. The molecule has 2 heteroatoms. The Morgan fingerprint density at radius 3 is 2.13 bits per heavy atom. The number of rotatable bonds is 9. The van der Waals surface area contributed by atoms with Crippen LogP contribution in [0.15, 0.2) is 0 Å². The molecular weight excluding hydrogens is 184 g/mol. The zero-order chi connectivity index (χ0) is 11.7. The van der Waals surface area contributed by atoms with Crippen LogP contribution in [-0.2, 0) is 0 Å². The van der Waals surface area contributed by atoms with E-state index in [-0.39, 0.29) is 0 Å². The van der Waals surface area contributed by atoms with Crippen LogP contribution in [0.3, 0.4) is 0 Å². The van der Waals surface area contributed by atoms with Crippen LogP contribution in [-0.4, -0.2) is 37.6 Å². The minimum atomic E-state index is 0.643. The van der Waals surface area contributed by atoms with Crippen molar-refractivity contribution in [2.45, 2.75) is 65.0 Å². The lowest BCUT2D eigenvalue weighted by Crippen LogP contribution is -2.36. The molecule has 2 nitrogen and oxygen atoms in total. The third-order valence-corrected chi connectivity index (χ3v) is 2.82. The van der Waals surface area contributed by atoms with E-state index in [1.807, 2.05) is 0 Å². The van der Waals surface area contributed by atoms with Crippen LogP contribution in [0, 0.1) is 0 Å². The highest BCUT2D eigenvalue weighted by atomic mass is 15.1. The van der Waals surface area contributed by atoms with Gasteiger partial charge in [-0.3, -0.25) is 0 Å². The number of hydrogen-bond donors (Lipinski definition) is 1. The SMILES string of the molecule is CCCCCC(C)NC(C)CCN(C)C. The van der Waals surface area contributed by atoms with Crippen molar-refractivity contribution in [1.29, 1.82) is 0 Å². The molecule has 1 N–H and O–H groups in total. The number of nitrogens with one attached hydrogen (secondary N) is 1. The summed E-state index contributed by atoms with van der Waals surface area (Å²) in [7, 11) is 4.27. The van der Waals surface area contributed by atoms with Gasteiger partial charge in [-0.25, -0.2) is 0 Å². The van der Waals surface area contributed by atoms with Gasteiger partial charge in [0, 0.05) is 12.1 Å². The number of unbranched alkanes of at least 4 members (excludes halogenated alkanes) is 2. The molecule has 0 aliphatic carbocycles. The van der Waals surface area contributed by atoms with Crippen LogP contribution in [0.4, 0.5) is 0 Å². The van der Waals surface area contributed by atoms with Gasteiger partial charge in [-0.05, 0) is 47.3 Å². The molecule has 0 radical (unpaired) electrons. The summed E-state index contributed by atoms with van der Waals surface area (Å²) in [6, 6.07) is 1.32. The molecule has 0 aliphatic rings. The summed E-state index contributed by atoms with van der Waals surface area (Å²) in [6.45, 7) is 8.04. The van der Waals surface area contributed by atoms with E-state index in [2.05, 4.69) is 45.1 Å². The maximum absolute atomic E-state index is 3.67. The standard InChI is InChI=1S/C13H30N2/c1-6-7-8-9-12(2)14-13(3)10-11-15(4)5/h12-14H,6-11H2,1-5H3. The summed E-state index contributed by atoms with van der Waals surface area (Å²) < 4.78 is 0. The van der Waals surface area contributed by atoms with E-state index in [1.165, 1.54) is 38.6 Å². The highest BCUT2D eigenvalue weighted by molar-refractivity contribution is 4.68. The largest absolute Gasteiger partial charge is 0.312 e. The molecular formula is C13H30N2. The molecule has 0 bridgehead atoms. The van der Waals surface area contributed by atoms with Gasteiger partial charge in [-0.15, -0.1) is 0 Å². The minimum Gasteiger partial charge on any atom is -0.312 e. The summed E-state index contributed by atoms with van der Waals surface area (Å²) in [6.07, 6.45) is 6.62. The topological polar surface area (TPSA) is 15.3 Å². The van der Waals surface area contributed by atoms with E-state index in [0.29, 0.717) is 12.1 Å². The second kappa shape index (κ2) is 9.17. The lowest BCUT2D eigenvalue weighted by Gasteiger charge is -2.21. The van der Waals surface area contributed by atoms with Gasteiger partial charge in [0.05, 0.1) is 0 Å². The van der Waals surface area contributed by atoms with Crippen LogP contribution in [0.25, 0.3) is 0 Å². The van der Waals surface area contributed by atoms with Crippen LogP contribution in [0.1, 0.15) is 52.9 Å². The van der Waals surface area contributed by atoms with Gasteiger partial charge in [-0.1, -0.05) is 26.2 Å². The normalized spacial score (nSPS) is 15.6. The second-order valence-corrected chi connectivity index (χ2v) is 5.06. The summed E-state index contributed by atoms with van der Waals surface area (Å²) in [5.74, 6) is 0. The highest BCUT2D eigenvalue weighted by Gasteiger charge is 2.06. The predicted octanol–water partition coefficient (Wildman–Crippen LogP) is 2.89. The highest BCUT2D eigenvalue weighted by Crippen LogP contribution is 2.04. The van der Waals surface area contributed by atoms with Gasteiger partial charge in [0.2, 0.25) is 0 Å². The molecule has 0 saturated heterocycles. The third-order valence-electron chi connectivity index (χ3n) is 2.82. The fraction of sp³-hybridized carbons (Fsp3) is 1.00. The van der Waals surface area contributed by atoms with Crippen molar-refractivity contribution in [1.82, 2.24) is 10.2 Å². The van der Waals surface area contributed by atoms with Crippen LogP contribution < -0.4 is 5.32 Å². The van der Waals surface area contributed by atoms with Gasteiger partial charge >= 0.3 is 0 Å². The van der Waals surface area contributed by atoms with Crippen molar-refractivity contribution >= 4 is 0 Å². The van der Waals surface area contributed by atoms with E-state index in [1.54, 1.807) is 0 Å². The van der Waals surface area contributed by atoms with Gasteiger partial charge in [0.15, 0.2) is 0 Å². The number of nitrogens with zero attached hydrogens (tertiary/aromatic N) is 1. The number of hydrogen-bond acceptors (Lipinski definition) is 2. The molecule has 0 amide bonds. The Bertz CT molecular complexity index is 134. The quantitative estimate of drug-likeness (QED) is 0.594. The van der Waals surface area contributed by atoms with Crippen molar-refractivity contribution < 1.29 is 0 Å². The van der Waals surface area contributed by atoms with Crippen molar-refractivity contribution in [2.75, 3.05) is 20.6 Å². The van der Waals surface area contributed by atoms with Gasteiger partial charge < -0.3 is 10.2 Å². The fourth-order valence-corrected chi connectivity index (χ4v) is 1.80. The van der Waals surface area contributed by atoms with Crippen molar-refractivity contribution in [3.8, 4) is 0 Å². The van der Waals surface area contributed by atoms with Gasteiger partial charge in [0.25, 0.3) is 0 Å². The maximum atomic E-state index is 3.67. The molecule has 0 aromatic heterocycles. The Labute approximate surface area is 96.4 Å². The fourth-order valence-electron chi connectivity index (χ4n) is 1.80. The van der Waals surface area contributed by atoms with Crippen molar-refractivity contribution in [3.05, 3.63) is 0 Å². The van der Waals surface area contributed by atoms with E-state index in [9.17, 15) is 0 Å². The van der Waals surface area contributed by atoms with Crippen LogP contribution >= 0.6 is 0 Å². The molecule has 0 aromatic rings. The lowest BCUT2D eigenvalue weighted by atomic mass is 10.1. The molecule has 0 aliphatic heterocycles. The first-order chi connectivity index (χ1) is 7.06. The maximum Gasteiger partial charge on any atom is 0.00533 e. The van der Waals surface area contributed by atoms with E-state index >= 15 is 0 Å². The van der Waals surface area contributed by atoms with Gasteiger partial charge in [-0.2, -0.15) is 0 Å². The first-order valence-corrected chi connectivity index (χ1v) is 6.47. The molecule has 0 rings (SSSR count). The molecule has 92 valence electrons. The molecule has 15 heavy (non-hydrogen) atoms. The molecule has 0 spiro atoms. The van der Waals surface area contributed by atoms with Gasteiger partial charge in [0.1, 0.15) is 0 Å². The summed E-state index contributed by atoms with van der Waals surface area (Å²) in [4.78, 5) is 2.25. The predicted molar refractivity (Wildman–Crippen MR) is 69.4 cm³/mol. The average Bonchev–Trinajstić information content (AvgIpc) is 2.15. The monoisotopic (exact) mass is 214 g/mol. The molecule has 0 saturated carbocycles. The first-order valence-electron chi connectivity index (χ1n) is 6.47. The summed E-state index contributed by atoms with van der Waals surface area (Å²) in [5, 5.41) is 3.67. The molecule has 2 unspecified atom stereocenters. The zero-order valence-corrected chi connectivity index (χ0v) is 11.3. The Morgan fingerprint density at radius 1 is 1.00 bits per heavy atom. The Hall–Kier alpha value is -0.0800. The smallest absolute Gasteiger partial charge is 0.00533 e. The molecule has 0 fully saturated rings. The zero-order valence-electron chi connectivity index (χ0n) is 11.3. The summed E-state index contributed by atoms with van der Waals surface area (Å²) >= 11 is 0. The van der Waals surface area contributed by atoms with E-state index in [4.69, 9.17) is 0 Å². The minimum absolute atomic E-state index is 0.643. The summed E-state index contributed by atoms with van der Waals surface area (Å²) in [5.41, 5.74) is 0. The van der Waals surface area contributed by atoms with Crippen LogP contribution in [0.5, 0.6) is 0 Å². The second-order valence-electron chi connectivity index (χ2n) is 5.06. The van der Waals surface area contributed by atoms with E-state index in [0.717, 1.165) is 0 Å². The van der Waals surface area contributed by atoms with Crippen LogP contribution in [0.2, 0.25) is 0 Å². The molecule has 0 aromatic carbocycles. The first kappa shape index (κ1) is 14.9. The Morgan fingerprint density at radius 2 is 1.60 bits per heavy atom. The Balaban J connectivity index is 3.44. The average molecular weight is 214 g/mol. The van der Waals surface area contributed by atoms with Crippen molar-refractivity contribution in [3.63, 3.8) is 0 Å². The Kier molecular flexibility index (Phi) is 9.12. The molecule has 0 heterocycles. The van der Waals surface area contributed by atoms with Crippen molar-refractivity contribution in [2.24, 2.45) is 0 Å². The molecule has 2 atom stereocenters.